The van der Waals surface area contributed by atoms with Crippen LogP contribution in [0.1, 0.15) is 36.8 Å². The minimum atomic E-state index is -0.227. The summed E-state index contributed by atoms with van der Waals surface area (Å²) in [5, 5.41) is 14.4. The molecule has 0 spiro atoms. The monoisotopic (exact) mass is 337 g/mol. The van der Waals surface area contributed by atoms with Crippen molar-refractivity contribution >= 4 is 11.7 Å². The molecule has 1 aromatic carbocycles. The summed E-state index contributed by atoms with van der Waals surface area (Å²) in [5.74, 6) is 0.911. The summed E-state index contributed by atoms with van der Waals surface area (Å²) in [6, 6.07) is 13.4. The smallest absolute Gasteiger partial charge is 0.315 e. The van der Waals surface area contributed by atoms with Gasteiger partial charge in [0.05, 0.1) is 6.04 Å². The first-order valence-corrected chi connectivity index (χ1v) is 8.44. The third-order valence-corrected chi connectivity index (χ3v) is 4.11. The summed E-state index contributed by atoms with van der Waals surface area (Å²) in [6.45, 7) is 6.62. The minimum absolute atomic E-state index is 0.178. The van der Waals surface area contributed by atoms with E-state index in [9.17, 15) is 4.79 Å². The molecule has 1 atom stereocenters. The number of aryl methyl sites for hydroxylation is 1. The van der Waals surface area contributed by atoms with E-state index < -0.39 is 0 Å². The molecule has 0 bridgehead atoms. The van der Waals surface area contributed by atoms with Crippen LogP contribution in [-0.2, 0) is 6.54 Å². The van der Waals surface area contributed by atoms with Crippen molar-refractivity contribution < 1.29 is 4.79 Å². The molecule has 2 aromatic heterocycles. The zero-order chi connectivity index (χ0) is 17.8. The number of carbonyl (C=O) groups excluding carboxylic acids is 1. The fraction of sp³-hybridized carbons (Fsp3) is 0.316. The Hall–Kier alpha value is -2.89. The molecule has 0 fully saturated rings. The second-order valence-corrected chi connectivity index (χ2v) is 6.52. The summed E-state index contributed by atoms with van der Waals surface area (Å²) in [5.41, 5.74) is 3.02. The van der Waals surface area contributed by atoms with Crippen molar-refractivity contribution in [2.75, 3.05) is 0 Å². The fourth-order valence-electron chi connectivity index (χ4n) is 2.80. The molecule has 0 aliphatic rings. The number of rotatable bonds is 5. The van der Waals surface area contributed by atoms with Crippen LogP contribution in [-0.4, -0.2) is 20.6 Å². The average Bonchev–Trinajstić information content (AvgIpc) is 3.01. The molecule has 0 aliphatic heterocycles. The molecule has 6 nitrogen and oxygen atoms in total. The Bertz CT molecular complexity index is 871. The van der Waals surface area contributed by atoms with Gasteiger partial charge in [-0.25, -0.2) is 4.79 Å². The summed E-state index contributed by atoms with van der Waals surface area (Å²) in [6.07, 6.45) is 1.91. The quantitative estimate of drug-likeness (QED) is 0.751. The van der Waals surface area contributed by atoms with Gasteiger partial charge in [0.2, 0.25) is 0 Å². The minimum Gasteiger partial charge on any atom is -0.334 e. The molecule has 130 valence electrons. The Kier molecular flexibility index (Phi) is 4.97. The summed E-state index contributed by atoms with van der Waals surface area (Å²) >= 11 is 0. The van der Waals surface area contributed by atoms with E-state index in [2.05, 4.69) is 40.7 Å². The second-order valence-electron chi connectivity index (χ2n) is 6.52. The third-order valence-electron chi connectivity index (χ3n) is 4.11. The first-order valence-electron chi connectivity index (χ1n) is 8.44. The summed E-state index contributed by atoms with van der Waals surface area (Å²) in [4.78, 5) is 12.4. The molecule has 2 heterocycles. The van der Waals surface area contributed by atoms with Gasteiger partial charge in [0.25, 0.3) is 0 Å². The van der Waals surface area contributed by atoms with Gasteiger partial charge in [-0.3, -0.25) is 4.40 Å². The molecule has 3 rings (SSSR count). The van der Waals surface area contributed by atoms with Crippen LogP contribution in [0.3, 0.4) is 0 Å². The number of amides is 2. The molecule has 1 unspecified atom stereocenters. The van der Waals surface area contributed by atoms with E-state index in [1.54, 1.807) is 0 Å². The normalized spacial score (nSPS) is 12.3. The van der Waals surface area contributed by atoms with E-state index >= 15 is 0 Å². The third kappa shape index (κ3) is 3.96. The zero-order valence-electron chi connectivity index (χ0n) is 14.7. The fourth-order valence-corrected chi connectivity index (χ4v) is 2.80. The Morgan fingerprint density at radius 1 is 1.16 bits per heavy atom. The van der Waals surface area contributed by atoms with Crippen LogP contribution in [0, 0.1) is 12.8 Å². The molecule has 0 saturated carbocycles. The molecule has 0 saturated heterocycles. The molecular formula is C19H23N5O. The number of carbonyl (C=O) groups is 1. The van der Waals surface area contributed by atoms with E-state index in [1.165, 1.54) is 5.56 Å². The molecule has 25 heavy (non-hydrogen) atoms. The predicted molar refractivity (Wildman–Crippen MR) is 97.1 cm³/mol. The van der Waals surface area contributed by atoms with Crippen LogP contribution in [0.4, 0.5) is 4.79 Å². The van der Waals surface area contributed by atoms with Crippen LogP contribution in [0.5, 0.6) is 0 Å². The van der Waals surface area contributed by atoms with E-state index in [1.807, 2.05) is 53.9 Å². The van der Waals surface area contributed by atoms with Crippen molar-refractivity contribution in [1.82, 2.24) is 25.2 Å². The highest BCUT2D eigenvalue weighted by atomic mass is 16.2. The Morgan fingerprint density at radius 2 is 2.00 bits per heavy atom. The highest BCUT2D eigenvalue weighted by molar-refractivity contribution is 5.74. The predicted octanol–water partition coefficient (Wildman–Crippen LogP) is 3.23. The van der Waals surface area contributed by atoms with E-state index in [0.29, 0.717) is 6.54 Å². The Balaban J connectivity index is 1.70. The van der Waals surface area contributed by atoms with Crippen LogP contribution in [0.2, 0.25) is 0 Å². The zero-order valence-corrected chi connectivity index (χ0v) is 14.7. The number of fused-ring (bicyclic) bond motifs is 1. The lowest BCUT2D eigenvalue weighted by atomic mass is 10.0. The van der Waals surface area contributed by atoms with Crippen molar-refractivity contribution in [2.24, 2.45) is 5.92 Å². The maximum absolute atomic E-state index is 12.4. The summed E-state index contributed by atoms with van der Waals surface area (Å²) < 4.78 is 1.91. The van der Waals surface area contributed by atoms with Crippen molar-refractivity contribution in [1.29, 1.82) is 0 Å². The maximum atomic E-state index is 12.4. The molecule has 0 radical (unpaired) electrons. The van der Waals surface area contributed by atoms with E-state index in [0.717, 1.165) is 17.0 Å². The summed E-state index contributed by atoms with van der Waals surface area (Å²) in [7, 11) is 0. The SMILES string of the molecule is Cc1cccc(CNC(=O)NC(c2nnc3ccccn23)C(C)C)c1. The molecule has 2 N–H and O–H groups in total. The first-order chi connectivity index (χ1) is 12.0. The van der Waals surface area contributed by atoms with E-state index in [4.69, 9.17) is 0 Å². The molecule has 0 aliphatic carbocycles. The number of pyridine rings is 1. The maximum Gasteiger partial charge on any atom is 0.315 e. The van der Waals surface area contributed by atoms with Crippen molar-refractivity contribution in [3.63, 3.8) is 0 Å². The second kappa shape index (κ2) is 7.34. The molecule has 3 aromatic rings. The van der Waals surface area contributed by atoms with Gasteiger partial charge < -0.3 is 10.6 Å². The lowest BCUT2D eigenvalue weighted by Crippen LogP contribution is -2.40. The average molecular weight is 337 g/mol. The first kappa shape index (κ1) is 17.0. The van der Waals surface area contributed by atoms with Gasteiger partial charge in [0.1, 0.15) is 0 Å². The topological polar surface area (TPSA) is 71.3 Å². The van der Waals surface area contributed by atoms with Crippen LogP contribution < -0.4 is 10.6 Å². The van der Waals surface area contributed by atoms with E-state index in [-0.39, 0.29) is 18.0 Å². The van der Waals surface area contributed by atoms with Gasteiger partial charge in [-0.1, -0.05) is 49.7 Å². The highest BCUT2D eigenvalue weighted by Crippen LogP contribution is 2.20. The lowest BCUT2D eigenvalue weighted by molar-refractivity contribution is 0.231. The van der Waals surface area contributed by atoms with Crippen LogP contribution in [0.25, 0.3) is 5.65 Å². The van der Waals surface area contributed by atoms with Gasteiger partial charge in [-0.05, 0) is 30.5 Å². The van der Waals surface area contributed by atoms with Gasteiger partial charge in [0.15, 0.2) is 11.5 Å². The number of nitrogens with one attached hydrogen (secondary N) is 2. The number of urea groups is 1. The lowest BCUT2D eigenvalue weighted by Gasteiger charge is -2.21. The standard InChI is InChI=1S/C19H23N5O/c1-13(2)17(18-23-22-16-9-4-5-10-24(16)18)21-19(25)20-12-15-8-6-7-14(3)11-15/h4-11,13,17H,12H2,1-3H3,(H2,20,21,25). The molecule has 2 amide bonds. The number of nitrogens with zero attached hydrogens (tertiary/aromatic N) is 3. The highest BCUT2D eigenvalue weighted by Gasteiger charge is 2.23. The Morgan fingerprint density at radius 3 is 2.76 bits per heavy atom. The largest absolute Gasteiger partial charge is 0.334 e. The van der Waals surface area contributed by atoms with Crippen molar-refractivity contribution in [3.05, 3.63) is 65.6 Å². The van der Waals surface area contributed by atoms with Gasteiger partial charge in [-0.15, -0.1) is 10.2 Å². The Labute approximate surface area is 147 Å². The molecule has 6 heteroatoms. The van der Waals surface area contributed by atoms with Crippen molar-refractivity contribution in [2.45, 2.75) is 33.4 Å². The number of aromatic nitrogens is 3. The molecular weight excluding hydrogens is 314 g/mol. The van der Waals surface area contributed by atoms with Gasteiger partial charge in [-0.2, -0.15) is 0 Å². The number of hydrogen-bond donors (Lipinski definition) is 2. The van der Waals surface area contributed by atoms with Crippen LogP contribution in [0.15, 0.2) is 48.7 Å². The van der Waals surface area contributed by atoms with Gasteiger partial charge >= 0.3 is 6.03 Å². The van der Waals surface area contributed by atoms with Crippen LogP contribution >= 0.6 is 0 Å². The van der Waals surface area contributed by atoms with Crippen molar-refractivity contribution in [3.8, 4) is 0 Å². The van der Waals surface area contributed by atoms with Gasteiger partial charge in [0, 0.05) is 12.7 Å². The number of benzene rings is 1. The number of hydrogen-bond acceptors (Lipinski definition) is 3.